The molecular formula is C15H19NO2S2. The summed E-state index contributed by atoms with van der Waals surface area (Å²) in [5, 5.41) is 2.00. The summed E-state index contributed by atoms with van der Waals surface area (Å²) in [6.07, 6.45) is 0.723. The molecule has 2 rings (SSSR count). The minimum absolute atomic E-state index is 0.411. The first-order chi connectivity index (χ1) is 9.40. The number of hydrogen-bond acceptors (Lipinski definition) is 3. The molecule has 0 spiro atoms. The third kappa shape index (κ3) is 3.48. The van der Waals surface area contributed by atoms with Crippen LogP contribution in [0.5, 0.6) is 0 Å². The van der Waals surface area contributed by atoms with Crippen LogP contribution < -0.4 is 4.72 Å². The topological polar surface area (TPSA) is 46.2 Å². The maximum Gasteiger partial charge on any atom is 0.241 e. The van der Waals surface area contributed by atoms with Crippen molar-refractivity contribution < 1.29 is 8.42 Å². The maximum atomic E-state index is 12.4. The molecule has 3 nitrogen and oxygen atoms in total. The van der Waals surface area contributed by atoms with Crippen LogP contribution in [-0.4, -0.2) is 15.0 Å². The Kier molecular flexibility index (Phi) is 4.62. The van der Waals surface area contributed by atoms with Gasteiger partial charge in [-0.25, -0.2) is 13.1 Å². The summed E-state index contributed by atoms with van der Waals surface area (Å²) in [6.45, 7) is 6.08. The van der Waals surface area contributed by atoms with Crippen LogP contribution in [0, 0.1) is 20.8 Å². The standard InChI is InChI=1S/C15H19NO2S2/c1-11-9-12(2)15(13(3)10-11)20(17,18)16-7-6-14-5-4-8-19-14/h4-5,8-10,16H,6-7H2,1-3H3. The third-order valence-corrected chi connectivity index (χ3v) is 5.82. The quantitative estimate of drug-likeness (QED) is 0.922. The first-order valence-electron chi connectivity index (χ1n) is 6.50. The van der Waals surface area contributed by atoms with E-state index in [0.29, 0.717) is 11.4 Å². The van der Waals surface area contributed by atoms with Crippen LogP contribution in [0.2, 0.25) is 0 Å². The zero-order valence-electron chi connectivity index (χ0n) is 11.9. The van der Waals surface area contributed by atoms with Crippen molar-refractivity contribution in [2.45, 2.75) is 32.1 Å². The van der Waals surface area contributed by atoms with Gasteiger partial charge in [-0.1, -0.05) is 23.8 Å². The predicted octanol–water partition coefficient (Wildman–Crippen LogP) is 3.19. The summed E-state index contributed by atoms with van der Waals surface area (Å²) >= 11 is 1.64. The molecule has 2 aromatic rings. The summed E-state index contributed by atoms with van der Waals surface area (Å²) in [6, 6.07) is 7.80. The summed E-state index contributed by atoms with van der Waals surface area (Å²) in [5.74, 6) is 0. The van der Waals surface area contributed by atoms with Crippen LogP contribution in [0.1, 0.15) is 21.6 Å². The number of rotatable bonds is 5. The molecule has 0 fully saturated rings. The van der Waals surface area contributed by atoms with Crippen LogP contribution in [0.15, 0.2) is 34.5 Å². The minimum atomic E-state index is -3.44. The van der Waals surface area contributed by atoms with E-state index in [2.05, 4.69) is 4.72 Å². The van der Waals surface area contributed by atoms with E-state index < -0.39 is 10.0 Å². The largest absolute Gasteiger partial charge is 0.241 e. The Labute approximate surface area is 124 Å². The second-order valence-electron chi connectivity index (χ2n) is 4.95. The zero-order chi connectivity index (χ0) is 14.8. The van der Waals surface area contributed by atoms with Gasteiger partial charge in [-0.2, -0.15) is 0 Å². The van der Waals surface area contributed by atoms with E-state index in [1.807, 2.05) is 50.4 Å². The molecule has 0 aliphatic rings. The van der Waals surface area contributed by atoms with Gasteiger partial charge in [-0.05, 0) is 49.8 Å². The lowest BCUT2D eigenvalue weighted by Crippen LogP contribution is -2.27. The highest BCUT2D eigenvalue weighted by atomic mass is 32.2. The van der Waals surface area contributed by atoms with Gasteiger partial charge in [-0.3, -0.25) is 0 Å². The van der Waals surface area contributed by atoms with Crippen LogP contribution in [0.4, 0.5) is 0 Å². The number of thiophene rings is 1. The molecule has 0 aliphatic heterocycles. The van der Waals surface area contributed by atoms with Gasteiger partial charge >= 0.3 is 0 Å². The van der Waals surface area contributed by atoms with Crippen LogP contribution in [-0.2, 0) is 16.4 Å². The SMILES string of the molecule is Cc1cc(C)c(S(=O)(=O)NCCc2cccs2)c(C)c1. The fourth-order valence-electron chi connectivity index (χ4n) is 2.43. The molecule has 1 N–H and O–H groups in total. The van der Waals surface area contributed by atoms with E-state index in [9.17, 15) is 8.42 Å². The Bertz CT molecular complexity index is 666. The van der Waals surface area contributed by atoms with Crippen LogP contribution in [0.3, 0.4) is 0 Å². The Hall–Kier alpha value is -1.17. The van der Waals surface area contributed by atoms with Crippen molar-refractivity contribution in [3.05, 3.63) is 51.2 Å². The van der Waals surface area contributed by atoms with Crippen molar-refractivity contribution in [1.29, 1.82) is 0 Å². The van der Waals surface area contributed by atoms with Gasteiger partial charge in [0.15, 0.2) is 0 Å². The van der Waals surface area contributed by atoms with E-state index in [0.717, 1.165) is 23.1 Å². The average molecular weight is 309 g/mol. The molecule has 0 bridgehead atoms. The lowest BCUT2D eigenvalue weighted by molar-refractivity contribution is 0.580. The molecule has 1 aromatic heterocycles. The molecule has 5 heteroatoms. The summed E-state index contributed by atoms with van der Waals surface area (Å²) < 4.78 is 27.5. The van der Waals surface area contributed by atoms with Gasteiger partial charge < -0.3 is 0 Å². The van der Waals surface area contributed by atoms with E-state index in [4.69, 9.17) is 0 Å². The molecule has 108 valence electrons. The summed E-state index contributed by atoms with van der Waals surface area (Å²) in [7, 11) is -3.44. The molecule has 0 atom stereocenters. The van der Waals surface area contributed by atoms with Gasteiger partial charge in [-0.15, -0.1) is 11.3 Å². The smallest absolute Gasteiger partial charge is 0.211 e. The molecular weight excluding hydrogens is 290 g/mol. The first kappa shape index (κ1) is 15.2. The Morgan fingerprint density at radius 3 is 2.35 bits per heavy atom. The lowest BCUT2D eigenvalue weighted by Gasteiger charge is -2.12. The van der Waals surface area contributed by atoms with Gasteiger partial charge in [0.2, 0.25) is 10.0 Å². The first-order valence-corrected chi connectivity index (χ1v) is 8.86. The predicted molar refractivity (Wildman–Crippen MR) is 83.9 cm³/mol. The molecule has 0 saturated carbocycles. The molecule has 20 heavy (non-hydrogen) atoms. The van der Waals surface area contributed by atoms with Crippen LogP contribution >= 0.6 is 11.3 Å². The number of aryl methyl sites for hydroxylation is 3. The summed E-state index contributed by atoms with van der Waals surface area (Å²) in [4.78, 5) is 1.60. The third-order valence-electron chi connectivity index (χ3n) is 3.12. The number of benzene rings is 1. The normalized spacial score (nSPS) is 11.8. The number of sulfonamides is 1. The van der Waals surface area contributed by atoms with E-state index in [1.54, 1.807) is 11.3 Å². The number of hydrogen-bond donors (Lipinski definition) is 1. The van der Waals surface area contributed by atoms with Crippen LogP contribution in [0.25, 0.3) is 0 Å². The van der Waals surface area contributed by atoms with Gasteiger partial charge in [0.05, 0.1) is 4.90 Å². The minimum Gasteiger partial charge on any atom is -0.211 e. The second-order valence-corrected chi connectivity index (χ2v) is 7.69. The van der Waals surface area contributed by atoms with E-state index >= 15 is 0 Å². The Balaban J connectivity index is 2.14. The van der Waals surface area contributed by atoms with Gasteiger partial charge in [0, 0.05) is 11.4 Å². The van der Waals surface area contributed by atoms with E-state index in [1.165, 1.54) is 4.88 Å². The highest BCUT2D eigenvalue weighted by molar-refractivity contribution is 7.89. The van der Waals surface area contributed by atoms with Crippen molar-refractivity contribution in [3.8, 4) is 0 Å². The van der Waals surface area contributed by atoms with Gasteiger partial charge in [0.1, 0.15) is 0 Å². The highest BCUT2D eigenvalue weighted by Crippen LogP contribution is 2.21. The van der Waals surface area contributed by atoms with Crippen molar-refractivity contribution in [1.82, 2.24) is 4.72 Å². The highest BCUT2D eigenvalue weighted by Gasteiger charge is 2.19. The fraction of sp³-hybridized carbons (Fsp3) is 0.333. The Morgan fingerprint density at radius 2 is 1.80 bits per heavy atom. The molecule has 1 aromatic carbocycles. The average Bonchev–Trinajstić information content (AvgIpc) is 2.79. The second kappa shape index (κ2) is 6.08. The maximum absolute atomic E-state index is 12.4. The summed E-state index contributed by atoms with van der Waals surface area (Å²) in [5.41, 5.74) is 2.68. The fourth-order valence-corrected chi connectivity index (χ4v) is 4.62. The number of nitrogens with one attached hydrogen (secondary N) is 1. The zero-order valence-corrected chi connectivity index (χ0v) is 13.6. The van der Waals surface area contributed by atoms with Crippen molar-refractivity contribution in [2.75, 3.05) is 6.54 Å². The molecule has 0 unspecified atom stereocenters. The molecule has 1 heterocycles. The van der Waals surface area contributed by atoms with Crippen molar-refractivity contribution in [3.63, 3.8) is 0 Å². The van der Waals surface area contributed by atoms with Gasteiger partial charge in [0.25, 0.3) is 0 Å². The Morgan fingerprint density at radius 1 is 1.15 bits per heavy atom. The molecule has 0 amide bonds. The molecule has 0 saturated heterocycles. The lowest BCUT2D eigenvalue weighted by atomic mass is 10.1. The molecule has 0 radical (unpaired) electrons. The van der Waals surface area contributed by atoms with Crippen molar-refractivity contribution in [2.24, 2.45) is 0 Å². The van der Waals surface area contributed by atoms with Crippen molar-refractivity contribution >= 4 is 21.4 Å². The monoisotopic (exact) mass is 309 g/mol. The molecule has 0 aliphatic carbocycles. The van der Waals surface area contributed by atoms with E-state index in [-0.39, 0.29) is 0 Å².